The van der Waals surface area contributed by atoms with E-state index in [1.807, 2.05) is 24.0 Å². The van der Waals surface area contributed by atoms with Crippen LogP contribution in [-0.4, -0.2) is 54.9 Å². The third-order valence-corrected chi connectivity index (χ3v) is 3.88. The normalized spacial score (nSPS) is 15.6. The standard InChI is InChI=1S/C16H22N2O3/c1-12-5-6-14(11-15(12)21-3)16(20)18-8-4-7-17(9-10-18)13(2)19/h5-6,11H,4,7-10H2,1-3H3. The topological polar surface area (TPSA) is 49.9 Å². The molecule has 0 N–H and O–H groups in total. The Morgan fingerprint density at radius 3 is 2.43 bits per heavy atom. The summed E-state index contributed by atoms with van der Waals surface area (Å²) in [4.78, 5) is 27.6. The van der Waals surface area contributed by atoms with E-state index >= 15 is 0 Å². The van der Waals surface area contributed by atoms with Gasteiger partial charge in [-0.15, -0.1) is 0 Å². The maximum Gasteiger partial charge on any atom is 0.254 e. The number of carbonyl (C=O) groups excluding carboxylic acids is 2. The smallest absolute Gasteiger partial charge is 0.254 e. The highest BCUT2D eigenvalue weighted by Gasteiger charge is 2.21. The van der Waals surface area contributed by atoms with Crippen LogP contribution in [0.15, 0.2) is 18.2 Å². The lowest BCUT2D eigenvalue weighted by Gasteiger charge is -2.21. The summed E-state index contributed by atoms with van der Waals surface area (Å²) < 4.78 is 5.27. The molecule has 0 aliphatic carbocycles. The lowest BCUT2D eigenvalue weighted by molar-refractivity contribution is -0.128. The number of methoxy groups -OCH3 is 1. The van der Waals surface area contributed by atoms with Gasteiger partial charge in [0, 0.05) is 38.7 Å². The molecule has 0 aromatic heterocycles. The van der Waals surface area contributed by atoms with Gasteiger partial charge in [0.1, 0.15) is 5.75 Å². The van der Waals surface area contributed by atoms with E-state index in [0.29, 0.717) is 25.2 Å². The van der Waals surface area contributed by atoms with Crippen LogP contribution >= 0.6 is 0 Å². The monoisotopic (exact) mass is 290 g/mol. The van der Waals surface area contributed by atoms with Crippen molar-refractivity contribution in [3.05, 3.63) is 29.3 Å². The second kappa shape index (κ2) is 6.61. The van der Waals surface area contributed by atoms with Crippen LogP contribution in [0.4, 0.5) is 0 Å². The van der Waals surface area contributed by atoms with Crippen LogP contribution in [0.2, 0.25) is 0 Å². The minimum atomic E-state index is -0.00120. The predicted octanol–water partition coefficient (Wildman–Crippen LogP) is 1.70. The summed E-state index contributed by atoms with van der Waals surface area (Å²) in [5.74, 6) is 0.793. The summed E-state index contributed by atoms with van der Waals surface area (Å²) in [6.45, 7) is 6.10. The number of hydrogen-bond acceptors (Lipinski definition) is 3. The fourth-order valence-electron chi connectivity index (χ4n) is 2.57. The number of benzene rings is 1. The van der Waals surface area contributed by atoms with E-state index in [-0.39, 0.29) is 11.8 Å². The van der Waals surface area contributed by atoms with E-state index in [4.69, 9.17) is 4.74 Å². The zero-order chi connectivity index (χ0) is 15.4. The van der Waals surface area contributed by atoms with E-state index in [2.05, 4.69) is 0 Å². The van der Waals surface area contributed by atoms with E-state index in [1.165, 1.54) is 0 Å². The Balaban J connectivity index is 2.11. The zero-order valence-electron chi connectivity index (χ0n) is 12.9. The van der Waals surface area contributed by atoms with Crippen molar-refractivity contribution in [2.75, 3.05) is 33.3 Å². The molecule has 0 spiro atoms. The molecule has 5 heteroatoms. The number of rotatable bonds is 2. The van der Waals surface area contributed by atoms with Crippen molar-refractivity contribution in [3.8, 4) is 5.75 Å². The second-order valence-corrected chi connectivity index (χ2v) is 5.34. The number of nitrogens with zero attached hydrogens (tertiary/aromatic N) is 2. The molecule has 1 heterocycles. The summed E-state index contributed by atoms with van der Waals surface area (Å²) in [6, 6.07) is 5.50. The van der Waals surface area contributed by atoms with E-state index < -0.39 is 0 Å². The van der Waals surface area contributed by atoms with Gasteiger partial charge in [0.05, 0.1) is 7.11 Å². The molecule has 1 aromatic carbocycles. The Morgan fingerprint density at radius 1 is 1.10 bits per heavy atom. The Bertz CT molecular complexity index is 542. The summed E-state index contributed by atoms with van der Waals surface area (Å²) in [5, 5.41) is 0. The van der Waals surface area contributed by atoms with Gasteiger partial charge >= 0.3 is 0 Å². The van der Waals surface area contributed by atoms with Crippen molar-refractivity contribution in [3.63, 3.8) is 0 Å². The van der Waals surface area contributed by atoms with Crippen molar-refractivity contribution < 1.29 is 14.3 Å². The molecule has 1 aliphatic rings. The Labute approximate surface area is 125 Å². The van der Waals surface area contributed by atoms with Gasteiger partial charge in [-0.05, 0) is 31.0 Å². The molecule has 1 aliphatic heterocycles. The van der Waals surface area contributed by atoms with Crippen molar-refractivity contribution in [1.82, 2.24) is 9.80 Å². The van der Waals surface area contributed by atoms with E-state index in [9.17, 15) is 9.59 Å². The average molecular weight is 290 g/mol. The first-order valence-electron chi connectivity index (χ1n) is 7.22. The number of hydrogen-bond donors (Lipinski definition) is 0. The molecule has 1 fully saturated rings. The lowest BCUT2D eigenvalue weighted by atomic mass is 10.1. The van der Waals surface area contributed by atoms with Gasteiger partial charge in [0.15, 0.2) is 0 Å². The summed E-state index contributed by atoms with van der Waals surface area (Å²) in [5.41, 5.74) is 1.64. The van der Waals surface area contributed by atoms with Gasteiger partial charge < -0.3 is 14.5 Å². The third kappa shape index (κ3) is 3.54. The maximum atomic E-state index is 12.6. The molecule has 2 amide bonds. The SMILES string of the molecule is COc1cc(C(=O)N2CCCN(C(C)=O)CC2)ccc1C. The van der Waals surface area contributed by atoms with Crippen molar-refractivity contribution in [1.29, 1.82) is 0 Å². The highest BCUT2D eigenvalue weighted by molar-refractivity contribution is 5.94. The highest BCUT2D eigenvalue weighted by atomic mass is 16.5. The first kappa shape index (κ1) is 15.4. The Morgan fingerprint density at radius 2 is 1.76 bits per heavy atom. The van der Waals surface area contributed by atoms with E-state index in [1.54, 1.807) is 25.0 Å². The number of aryl methyl sites for hydroxylation is 1. The molecule has 1 saturated heterocycles. The van der Waals surface area contributed by atoms with E-state index in [0.717, 1.165) is 24.3 Å². The van der Waals surface area contributed by atoms with Crippen LogP contribution < -0.4 is 4.74 Å². The fraction of sp³-hybridized carbons (Fsp3) is 0.500. The largest absolute Gasteiger partial charge is 0.496 e. The average Bonchev–Trinajstić information content (AvgIpc) is 2.73. The molecule has 0 unspecified atom stereocenters. The summed E-state index contributed by atoms with van der Waals surface area (Å²) in [6.07, 6.45) is 0.814. The fourth-order valence-corrected chi connectivity index (χ4v) is 2.57. The third-order valence-electron chi connectivity index (χ3n) is 3.88. The number of ether oxygens (including phenoxy) is 1. The molecule has 5 nitrogen and oxygen atoms in total. The molecule has 0 saturated carbocycles. The first-order valence-corrected chi connectivity index (χ1v) is 7.22. The van der Waals surface area contributed by atoms with Crippen LogP contribution in [0.3, 0.4) is 0 Å². The Hall–Kier alpha value is -2.04. The minimum Gasteiger partial charge on any atom is -0.496 e. The molecular formula is C16H22N2O3. The molecule has 0 atom stereocenters. The van der Waals surface area contributed by atoms with Gasteiger partial charge in [-0.1, -0.05) is 6.07 Å². The molecular weight excluding hydrogens is 268 g/mol. The molecule has 21 heavy (non-hydrogen) atoms. The molecule has 1 aromatic rings. The first-order chi connectivity index (χ1) is 10.0. The lowest BCUT2D eigenvalue weighted by Crippen LogP contribution is -2.36. The predicted molar refractivity (Wildman–Crippen MR) is 80.5 cm³/mol. The van der Waals surface area contributed by atoms with Crippen LogP contribution in [0, 0.1) is 6.92 Å². The number of carbonyl (C=O) groups is 2. The van der Waals surface area contributed by atoms with Crippen LogP contribution in [0.1, 0.15) is 29.3 Å². The summed E-state index contributed by atoms with van der Waals surface area (Å²) >= 11 is 0. The summed E-state index contributed by atoms with van der Waals surface area (Å²) in [7, 11) is 1.60. The van der Waals surface area contributed by atoms with Crippen LogP contribution in [0.5, 0.6) is 5.75 Å². The van der Waals surface area contributed by atoms with Crippen molar-refractivity contribution in [2.24, 2.45) is 0 Å². The number of amides is 2. The van der Waals surface area contributed by atoms with Gasteiger partial charge in [-0.2, -0.15) is 0 Å². The maximum absolute atomic E-state index is 12.6. The van der Waals surface area contributed by atoms with Crippen LogP contribution in [-0.2, 0) is 4.79 Å². The van der Waals surface area contributed by atoms with Gasteiger partial charge in [0.25, 0.3) is 5.91 Å². The van der Waals surface area contributed by atoms with Crippen molar-refractivity contribution in [2.45, 2.75) is 20.3 Å². The Kier molecular flexibility index (Phi) is 4.83. The van der Waals surface area contributed by atoms with Gasteiger partial charge in [-0.3, -0.25) is 9.59 Å². The molecule has 2 rings (SSSR count). The second-order valence-electron chi connectivity index (χ2n) is 5.34. The molecule has 0 radical (unpaired) electrons. The minimum absolute atomic E-state index is 0.00120. The van der Waals surface area contributed by atoms with Gasteiger partial charge in [-0.25, -0.2) is 0 Å². The zero-order valence-corrected chi connectivity index (χ0v) is 12.9. The quantitative estimate of drug-likeness (QED) is 0.833. The molecule has 0 bridgehead atoms. The van der Waals surface area contributed by atoms with Gasteiger partial charge in [0.2, 0.25) is 5.91 Å². The highest BCUT2D eigenvalue weighted by Crippen LogP contribution is 2.20. The molecule has 114 valence electrons. The van der Waals surface area contributed by atoms with Crippen LogP contribution in [0.25, 0.3) is 0 Å². The van der Waals surface area contributed by atoms with Crippen molar-refractivity contribution >= 4 is 11.8 Å².